The lowest BCUT2D eigenvalue weighted by Crippen LogP contribution is -2.55. The highest BCUT2D eigenvalue weighted by atomic mass is 35.5. The van der Waals surface area contributed by atoms with Gasteiger partial charge in [-0.3, -0.25) is 9.59 Å². The Bertz CT molecular complexity index is 1230. The number of nitrogens with zero attached hydrogens (tertiary/aromatic N) is 1. The lowest BCUT2D eigenvalue weighted by atomic mass is 9.78. The van der Waals surface area contributed by atoms with Crippen molar-refractivity contribution in [2.24, 2.45) is 5.41 Å². The minimum atomic E-state index is -1.83. The predicted molar refractivity (Wildman–Crippen MR) is 122 cm³/mol. The maximum atomic E-state index is 13.7. The first-order valence-corrected chi connectivity index (χ1v) is 10.8. The summed E-state index contributed by atoms with van der Waals surface area (Å²) in [5.74, 6) is -0.662. The second-order valence-electron chi connectivity index (χ2n) is 8.56. The number of halogens is 2. The summed E-state index contributed by atoms with van der Waals surface area (Å²) in [6.07, 6.45) is 1.26. The molecule has 1 unspecified atom stereocenters. The number of Topliss-reactive ketones (excluding diaryl/α,β-unsaturated/α-hetero) is 1. The minimum absolute atomic E-state index is 0.148. The largest absolute Gasteiger partial charge is 0.516 e. The number of carbonyl (C=O) groups excluding carboxylic acids is 2. The fraction of sp³-hybridized carbons (Fsp3) is 0.273. The van der Waals surface area contributed by atoms with Crippen LogP contribution in [-0.2, 0) is 15.1 Å². The van der Waals surface area contributed by atoms with Gasteiger partial charge in [0.1, 0.15) is 11.4 Å². The Morgan fingerprint density at radius 3 is 2.50 bits per heavy atom. The molecule has 1 saturated carbocycles. The number of fused-ring (bicyclic) bond motifs is 2. The van der Waals surface area contributed by atoms with Crippen LogP contribution >= 0.6 is 23.2 Å². The van der Waals surface area contributed by atoms with Gasteiger partial charge in [0.2, 0.25) is 0 Å². The summed E-state index contributed by atoms with van der Waals surface area (Å²) >= 11 is 12.4. The van der Waals surface area contributed by atoms with Gasteiger partial charge in [0, 0.05) is 26.7 Å². The van der Waals surface area contributed by atoms with Gasteiger partial charge in [-0.2, -0.15) is 0 Å². The number of carbonyl (C=O) groups is 2. The van der Waals surface area contributed by atoms with Crippen molar-refractivity contribution in [3.05, 3.63) is 63.2 Å². The van der Waals surface area contributed by atoms with E-state index in [0.29, 0.717) is 39.9 Å². The summed E-state index contributed by atoms with van der Waals surface area (Å²) in [5.41, 5.74) is -2.22. The Morgan fingerprint density at radius 1 is 1.19 bits per heavy atom. The van der Waals surface area contributed by atoms with Gasteiger partial charge in [0.05, 0.1) is 18.4 Å². The van der Waals surface area contributed by atoms with Crippen molar-refractivity contribution < 1.29 is 24.5 Å². The van der Waals surface area contributed by atoms with Crippen molar-refractivity contribution in [3.8, 4) is 5.75 Å². The highest BCUT2D eigenvalue weighted by Gasteiger charge is 2.68. The Balaban J connectivity index is 1.85. The number of methoxy groups -OCH3 is 1. The van der Waals surface area contributed by atoms with Crippen molar-refractivity contribution in [3.63, 3.8) is 0 Å². The van der Waals surface area contributed by atoms with E-state index in [1.54, 1.807) is 37.3 Å². The van der Waals surface area contributed by atoms with E-state index in [4.69, 9.17) is 27.9 Å². The second-order valence-corrected chi connectivity index (χ2v) is 9.44. The molecule has 5 rings (SSSR count). The van der Waals surface area contributed by atoms with Gasteiger partial charge in [-0.05, 0) is 43.2 Å². The van der Waals surface area contributed by atoms with Gasteiger partial charge in [-0.15, -0.1) is 0 Å². The van der Waals surface area contributed by atoms with Crippen LogP contribution < -0.4 is 14.9 Å². The van der Waals surface area contributed by atoms with Gasteiger partial charge < -0.3 is 25.0 Å². The maximum absolute atomic E-state index is 13.7. The summed E-state index contributed by atoms with van der Waals surface area (Å²) in [4.78, 5) is 28.7. The molecule has 32 heavy (non-hydrogen) atoms. The molecule has 10 heteroatoms. The smallest absolute Gasteiger partial charge is 0.488 e. The third-order valence-electron chi connectivity index (χ3n) is 6.59. The van der Waals surface area contributed by atoms with E-state index >= 15 is 0 Å². The number of rotatable bonds is 4. The zero-order chi connectivity index (χ0) is 23.0. The summed E-state index contributed by atoms with van der Waals surface area (Å²) in [6, 6.07) is 9.50. The van der Waals surface area contributed by atoms with E-state index in [2.05, 4.69) is 5.32 Å². The average molecular weight is 473 g/mol. The molecular weight excluding hydrogens is 454 g/mol. The Labute approximate surface area is 194 Å². The van der Waals surface area contributed by atoms with E-state index in [1.165, 1.54) is 18.0 Å². The molecule has 0 saturated heterocycles. The van der Waals surface area contributed by atoms with Crippen molar-refractivity contribution in [1.82, 2.24) is 0 Å². The number of ether oxygens (including phenoxy) is 1. The number of hydrogen-bond donors (Lipinski definition) is 3. The van der Waals surface area contributed by atoms with E-state index < -0.39 is 29.6 Å². The topological polar surface area (TPSA) is 99.1 Å². The number of aliphatic hydroxyl groups is 1. The summed E-state index contributed by atoms with van der Waals surface area (Å²) in [6.45, 7) is 1.79. The molecule has 1 fully saturated rings. The normalized spacial score (nSPS) is 23.0. The monoisotopic (exact) mass is 472 g/mol. The molecule has 2 aromatic rings. The molecule has 0 radical (unpaired) electrons. The molecule has 1 amide bonds. The molecule has 2 aromatic carbocycles. The van der Waals surface area contributed by atoms with Crippen LogP contribution in [0.25, 0.3) is 0 Å². The molecular formula is C22H19BCl2N2O5. The van der Waals surface area contributed by atoms with Gasteiger partial charge in [0.15, 0.2) is 11.3 Å². The van der Waals surface area contributed by atoms with Crippen LogP contribution in [0.4, 0.5) is 11.4 Å². The standard InChI is InChI=1S/C22H19BCl2N2O5/c1-21(7-8-21)18(28)17-19(29)23(31)27(15-10-12(25)4-6-16(15)32-2)22(17)13-5-3-11(24)9-14(13)26-20(22)30/h3-6,9-10,29,31H,7-8H2,1-2H3,(H,26,30). The van der Waals surface area contributed by atoms with E-state index in [0.717, 1.165) is 0 Å². The van der Waals surface area contributed by atoms with Crippen molar-refractivity contribution in [2.75, 3.05) is 17.2 Å². The van der Waals surface area contributed by atoms with Crippen LogP contribution in [-0.4, -0.2) is 36.0 Å². The minimum Gasteiger partial charge on any atom is -0.516 e. The summed E-state index contributed by atoms with van der Waals surface area (Å²) < 4.78 is 5.47. The zero-order valence-electron chi connectivity index (χ0n) is 17.3. The molecule has 3 aliphatic rings. The van der Waals surface area contributed by atoms with Crippen LogP contribution in [0.15, 0.2) is 47.6 Å². The molecule has 0 bridgehead atoms. The predicted octanol–water partition coefficient (Wildman–Crippen LogP) is 3.87. The molecule has 164 valence electrons. The third-order valence-corrected chi connectivity index (χ3v) is 7.06. The molecule has 3 N–H and O–H groups in total. The highest BCUT2D eigenvalue weighted by molar-refractivity contribution is 6.67. The number of anilines is 2. The number of nitrogens with one attached hydrogen (secondary N) is 1. The van der Waals surface area contributed by atoms with Gasteiger partial charge in [0.25, 0.3) is 5.91 Å². The average Bonchev–Trinajstić information content (AvgIpc) is 3.38. The number of ketones is 1. The van der Waals surface area contributed by atoms with Crippen LogP contribution in [0, 0.1) is 5.41 Å². The number of amides is 1. The summed E-state index contributed by atoms with van der Waals surface area (Å²) in [7, 11) is -0.245. The Hall–Kier alpha value is -2.68. The molecule has 1 atom stereocenters. The quantitative estimate of drug-likeness (QED) is 0.584. The molecule has 7 nitrogen and oxygen atoms in total. The highest BCUT2D eigenvalue weighted by Crippen LogP contribution is 2.58. The molecule has 1 spiro atoms. The lowest BCUT2D eigenvalue weighted by Gasteiger charge is -2.39. The zero-order valence-corrected chi connectivity index (χ0v) is 18.8. The fourth-order valence-corrected chi connectivity index (χ4v) is 5.00. The first kappa shape index (κ1) is 21.2. The lowest BCUT2D eigenvalue weighted by molar-refractivity contribution is -0.125. The van der Waals surface area contributed by atoms with Crippen molar-refractivity contribution in [2.45, 2.75) is 25.3 Å². The third kappa shape index (κ3) is 2.66. The molecule has 0 aromatic heterocycles. The fourth-order valence-electron chi connectivity index (χ4n) is 4.66. The second kappa shape index (κ2) is 6.91. The van der Waals surface area contributed by atoms with Crippen LogP contribution in [0.3, 0.4) is 0 Å². The first-order chi connectivity index (χ1) is 15.1. The SMILES string of the molecule is COc1ccc(Cl)cc1N1B(O)C(O)=C(C(=O)C2(C)CC2)C12C(=O)Nc1cc(Cl)ccc12. The van der Waals surface area contributed by atoms with Gasteiger partial charge in [-0.1, -0.05) is 36.2 Å². The van der Waals surface area contributed by atoms with Crippen LogP contribution in [0.2, 0.25) is 10.0 Å². The van der Waals surface area contributed by atoms with Gasteiger partial charge >= 0.3 is 7.05 Å². The van der Waals surface area contributed by atoms with E-state index in [1.807, 2.05) is 0 Å². The Morgan fingerprint density at radius 2 is 1.84 bits per heavy atom. The van der Waals surface area contributed by atoms with Gasteiger partial charge in [-0.25, -0.2) is 0 Å². The van der Waals surface area contributed by atoms with Crippen molar-refractivity contribution >= 4 is 53.3 Å². The Kier molecular flexibility index (Phi) is 4.57. The molecule has 2 heterocycles. The number of aliphatic hydroxyl groups excluding tert-OH is 1. The van der Waals surface area contributed by atoms with Crippen LogP contribution in [0.5, 0.6) is 5.75 Å². The molecule has 1 aliphatic carbocycles. The van der Waals surface area contributed by atoms with E-state index in [9.17, 15) is 19.7 Å². The molecule has 2 aliphatic heterocycles. The van der Waals surface area contributed by atoms with E-state index in [-0.39, 0.29) is 17.0 Å². The van der Waals surface area contributed by atoms with Crippen molar-refractivity contribution in [1.29, 1.82) is 0 Å². The first-order valence-electron chi connectivity index (χ1n) is 10.1. The van der Waals surface area contributed by atoms with Crippen LogP contribution in [0.1, 0.15) is 25.3 Å². The number of hydrogen-bond acceptors (Lipinski definition) is 6. The summed E-state index contributed by atoms with van der Waals surface area (Å²) in [5, 5.41) is 25.8. The number of benzene rings is 2. The maximum Gasteiger partial charge on any atom is 0.488 e.